The van der Waals surface area contributed by atoms with E-state index in [4.69, 9.17) is 0 Å². The number of piperidine rings is 1. The number of nitrogens with one attached hydrogen (secondary N) is 2. The van der Waals surface area contributed by atoms with Gasteiger partial charge in [0.1, 0.15) is 12.0 Å². The Labute approximate surface area is 116 Å². The van der Waals surface area contributed by atoms with Crippen LogP contribution in [0.15, 0.2) is 31.1 Å². The van der Waals surface area contributed by atoms with E-state index in [1.54, 1.807) is 29.5 Å². The Bertz CT molecular complexity index is 576. The van der Waals surface area contributed by atoms with E-state index in [2.05, 4.69) is 25.6 Å². The van der Waals surface area contributed by atoms with Crippen molar-refractivity contribution in [3.63, 3.8) is 0 Å². The maximum Gasteiger partial charge on any atom is 0.271 e. The van der Waals surface area contributed by atoms with Gasteiger partial charge in [0, 0.05) is 18.4 Å². The number of carbonyl (C=O) groups excluding carboxylic acids is 1. The zero-order chi connectivity index (χ0) is 13.8. The quantitative estimate of drug-likeness (QED) is 0.830. The van der Waals surface area contributed by atoms with E-state index in [1.165, 1.54) is 6.20 Å². The molecule has 2 aromatic heterocycles. The second kappa shape index (κ2) is 5.79. The van der Waals surface area contributed by atoms with Crippen molar-refractivity contribution < 1.29 is 4.79 Å². The average molecular weight is 272 g/mol. The van der Waals surface area contributed by atoms with Gasteiger partial charge >= 0.3 is 0 Å². The molecule has 104 valence electrons. The summed E-state index contributed by atoms with van der Waals surface area (Å²) in [6, 6.07) is 0.211. The Morgan fingerprint density at radius 3 is 2.90 bits per heavy atom. The first kappa shape index (κ1) is 12.7. The van der Waals surface area contributed by atoms with Gasteiger partial charge < -0.3 is 10.6 Å². The molecule has 0 atom stereocenters. The van der Waals surface area contributed by atoms with Crippen LogP contribution >= 0.6 is 0 Å². The Balaban J connectivity index is 1.73. The molecule has 7 heteroatoms. The predicted molar refractivity (Wildman–Crippen MR) is 72.5 cm³/mol. The minimum atomic E-state index is -0.175. The summed E-state index contributed by atoms with van der Waals surface area (Å²) in [5, 5.41) is 6.27. The fraction of sp³-hybridized carbons (Fsp3) is 0.385. The minimum absolute atomic E-state index is 0.175. The summed E-state index contributed by atoms with van der Waals surface area (Å²) in [7, 11) is 0. The van der Waals surface area contributed by atoms with Gasteiger partial charge in [-0.05, 0) is 25.9 Å². The molecule has 2 N–H and O–H groups in total. The highest BCUT2D eigenvalue weighted by molar-refractivity contribution is 5.92. The van der Waals surface area contributed by atoms with Crippen molar-refractivity contribution in [3.8, 4) is 5.82 Å². The topological polar surface area (TPSA) is 84.7 Å². The molecule has 3 heterocycles. The van der Waals surface area contributed by atoms with Crippen molar-refractivity contribution >= 4 is 5.91 Å². The smallest absolute Gasteiger partial charge is 0.271 e. The van der Waals surface area contributed by atoms with Gasteiger partial charge in [0.05, 0.1) is 12.4 Å². The normalized spacial score (nSPS) is 16.0. The van der Waals surface area contributed by atoms with Crippen molar-refractivity contribution in [3.05, 3.63) is 36.8 Å². The summed E-state index contributed by atoms with van der Waals surface area (Å²) < 4.78 is 1.72. The van der Waals surface area contributed by atoms with Crippen LogP contribution < -0.4 is 10.6 Å². The maximum absolute atomic E-state index is 12.2. The number of imidazole rings is 1. The molecular formula is C13H16N6O. The van der Waals surface area contributed by atoms with E-state index in [1.807, 2.05) is 0 Å². The first-order valence-corrected chi connectivity index (χ1v) is 6.65. The number of amides is 1. The van der Waals surface area contributed by atoms with Crippen molar-refractivity contribution in [2.75, 3.05) is 13.1 Å². The lowest BCUT2D eigenvalue weighted by Gasteiger charge is -2.23. The summed E-state index contributed by atoms with van der Waals surface area (Å²) in [6.07, 6.45) is 10.0. The zero-order valence-electron chi connectivity index (χ0n) is 11.0. The fourth-order valence-corrected chi connectivity index (χ4v) is 2.21. The lowest BCUT2D eigenvalue weighted by atomic mass is 10.1. The monoisotopic (exact) mass is 272 g/mol. The molecule has 0 aliphatic carbocycles. The summed E-state index contributed by atoms with van der Waals surface area (Å²) in [4.78, 5) is 24.5. The Morgan fingerprint density at radius 1 is 1.30 bits per heavy atom. The van der Waals surface area contributed by atoms with Gasteiger partial charge in [0.2, 0.25) is 0 Å². The predicted octanol–water partition coefficient (Wildman–Crippen LogP) is 0.144. The standard InChI is InChI=1S/C13H16N6O/c20-13(17-10-1-3-14-4-2-10)11-7-16-8-12(18-11)19-6-5-15-9-19/h5-10,14H,1-4H2,(H,17,20). The van der Waals surface area contributed by atoms with E-state index in [9.17, 15) is 4.79 Å². The summed E-state index contributed by atoms with van der Waals surface area (Å²) >= 11 is 0. The third-order valence-electron chi connectivity index (χ3n) is 3.30. The van der Waals surface area contributed by atoms with Gasteiger partial charge in [0.25, 0.3) is 5.91 Å². The average Bonchev–Trinajstić information content (AvgIpc) is 3.03. The number of hydrogen-bond acceptors (Lipinski definition) is 5. The SMILES string of the molecule is O=C(NC1CCNCC1)c1cncc(-n2ccnc2)n1. The van der Waals surface area contributed by atoms with Crippen molar-refractivity contribution in [1.29, 1.82) is 0 Å². The summed E-state index contributed by atoms with van der Waals surface area (Å²) in [6.45, 7) is 1.87. The maximum atomic E-state index is 12.2. The molecule has 0 saturated carbocycles. The van der Waals surface area contributed by atoms with Crippen LogP contribution in [0.1, 0.15) is 23.3 Å². The van der Waals surface area contributed by atoms with Crippen LogP contribution in [0.5, 0.6) is 0 Å². The minimum Gasteiger partial charge on any atom is -0.348 e. The highest BCUT2D eigenvalue weighted by atomic mass is 16.1. The van der Waals surface area contributed by atoms with E-state index in [-0.39, 0.29) is 11.9 Å². The molecule has 1 aliphatic heterocycles. The fourth-order valence-electron chi connectivity index (χ4n) is 2.21. The number of nitrogens with zero attached hydrogens (tertiary/aromatic N) is 4. The molecule has 0 spiro atoms. The van der Waals surface area contributed by atoms with Gasteiger partial charge in [-0.2, -0.15) is 0 Å². The Hall–Kier alpha value is -2.28. The molecule has 20 heavy (non-hydrogen) atoms. The number of carbonyl (C=O) groups is 1. The van der Waals surface area contributed by atoms with Crippen LogP contribution in [0.2, 0.25) is 0 Å². The highest BCUT2D eigenvalue weighted by Gasteiger charge is 2.17. The number of rotatable bonds is 3. The molecule has 0 bridgehead atoms. The first-order chi connectivity index (χ1) is 9.83. The van der Waals surface area contributed by atoms with Crippen LogP contribution in [0.4, 0.5) is 0 Å². The zero-order valence-corrected chi connectivity index (χ0v) is 11.0. The number of aromatic nitrogens is 4. The molecule has 0 unspecified atom stereocenters. The van der Waals surface area contributed by atoms with Gasteiger partial charge in [-0.3, -0.25) is 14.3 Å². The summed E-state index contributed by atoms with van der Waals surface area (Å²) in [5.74, 6) is 0.409. The first-order valence-electron chi connectivity index (χ1n) is 6.65. The Kier molecular flexibility index (Phi) is 3.69. The van der Waals surface area contributed by atoms with Crippen LogP contribution in [0.3, 0.4) is 0 Å². The Morgan fingerprint density at radius 2 is 2.15 bits per heavy atom. The molecule has 1 amide bonds. The third-order valence-corrected chi connectivity index (χ3v) is 3.30. The lowest BCUT2D eigenvalue weighted by Crippen LogP contribution is -2.43. The van der Waals surface area contributed by atoms with Gasteiger partial charge in [-0.1, -0.05) is 0 Å². The van der Waals surface area contributed by atoms with Gasteiger partial charge in [-0.25, -0.2) is 9.97 Å². The van der Waals surface area contributed by atoms with Gasteiger partial charge in [0.15, 0.2) is 5.82 Å². The van der Waals surface area contributed by atoms with E-state index < -0.39 is 0 Å². The molecular weight excluding hydrogens is 256 g/mol. The lowest BCUT2D eigenvalue weighted by molar-refractivity contribution is 0.0924. The third kappa shape index (κ3) is 2.83. The second-order valence-corrected chi connectivity index (χ2v) is 4.73. The molecule has 0 aromatic carbocycles. The molecule has 0 radical (unpaired) electrons. The van der Waals surface area contributed by atoms with Crippen LogP contribution in [0, 0.1) is 0 Å². The van der Waals surface area contributed by atoms with E-state index >= 15 is 0 Å². The van der Waals surface area contributed by atoms with Crippen molar-refractivity contribution in [1.82, 2.24) is 30.2 Å². The van der Waals surface area contributed by atoms with Crippen molar-refractivity contribution in [2.24, 2.45) is 0 Å². The van der Waals surface area contributed by atoms with Crippen LogP contribution in [0.25, 0.3) is 5.82 Å². The molecule has 1 saturated heterocycles. The van der Waals surface area contributed by atoms with Crippen LogP contribution in [-0.4, -0.2) is 44.6 Å². The largest absolute Gasteiger partial charge is 0.348 e. The molecule has 7 nitrogen and oxygen atoms in total. The number of hydrogen-bond donors (Lipinski definition) is 2. The second-order valence-electron chi connectivity index (χ2n) is 4.73. The van der Waals surface area contributed by atoms with Gasteiger partial charge in [-0.15, -0.1) is 0 Å². The highest BCUT2D eigenvalue weighted by Crippen LogP contribution is 2.06. The van der Waals surface area contributed by atoms with E-state index in [0.717, 1.165) is 25.9 Å². The molecule has 2 aromatic rings. The van der Waals surface area contributed by atoms with E-state index in [0.29, 0.717) is 11.5 Å². The molecule has 3 rings (SSSR count). The summed E-state index contributed by atoms with van der Waals surface area (Å²) in [5.41, 5.74) is 0.328. The van der Waals surface area contributed by atoms with Crippen LogP contribution in [-0.2, 0) is 0 Å². The van der Waals surface area contributed by atoms with Crippen molar-refractivity contribution in [2.45, 2.75) is 18.9 Å². The molecule has 1 fully saturated rings. The molecule has 1 aliphatic rings.